The largest absolute Gasteiger partial charge is 0.465 e. The molecule has 0 fully saturated rings. The number of nitrogens with zero attached hydrogens (tertiary/aromatic N) is 1. The molecule has 0 unspecified atom stereocenters. The minimum Gasteiger partial charge on any atom is -0.465 e. The Balaban J connectivity index is 1.87. The summed E-state index contributed by atoms with van der Waals surface area (Å²) in [6, 6.07) is 11.1. The molecule has 0 radical (unpaired) electrons. The van der Waals surface area contributed by atoms with Crippen LogP contribution in [0.2, 0.25) is 0 Å². The highest BCUT2D eigenvalue weighted by Gasteiger charge is 2.08. The van der Waals surface area contributed by atoms with E-state index in [1.165, 1.54) is 7.11 Å². The molecule has 1 N–H and O–H groups in total. The summed E-state index contributed by atoms with van der Waals surface area (Å²) < 4.78 is 10.5. The van der Waals surface area contributed by atoms with E-state index in [4.69, 9.17) is 9.15 Å². The molecule has 23 heavy (non-hydrogen) atoms. The van der Waals surface area contributed by atoms with E-state index in [0.29, 0.717) is 12.1 Å². The molecule has 0 aliphatic rings. The van der Waals surface area contributed by atoms with Gasteiger partial charge < -0.3 is 19.4 Å². The molecule has 0 aliphatic carbocycles. The van der Waals surface area contributed by atoms with Gasteiger partial charge in [-0.3, -0.25) is 0 Å². The van der Waals surface area contributed by atoms with Crippen molar-refractivity contribution in [2.45, 2.75) is 13.0 Å². The van der Waals surface area contributed by atoms with E-state index in [-0.39, 0.29) is 5.97 Å². The molecule has 0 amide bonds. The normalized spacial score (nSPS) is 11.0. The third-order valence-electron chi connectivity index (χ3n) is 3.51. The molecule has 5 nitrogen and oxygen atoms in total. The van der Waals surface area contributed by atoms with Gasteiger partial charge in [0.05, 0.1) is 19.2 Å². The summed E-state index contributed by atoms with van der Waals surface area (Å²) in [5.41, 5.74) is 1.47. The maximum Gasteiger partial charge on any atom is 0.337 e. The Hall–Kier alpha value is -2.11. The van der Waals surface area contributed by atoms with E-state index in [9.17, 15) is 4.79 Å². The van der Waals surface area contributed by atoms with Crippen molar-refractivity contribution in [1.29, 1.82) is 0 Å². The SMILES string of the molecule is COC(=O)c1ccc(-c2ccc(CNCCCN(C)C)o2)cc1. The first-order valence-corrected chi connectivity index (χ1v) is 7.73. The third-order valence-corrected chi connectivity index (χ3v) is 3.51. The highest BCUT2D eigenvalue weighted by molar-refractivity contribution is 5.89. The first kappa shape index (κ1) is 17.2. The standard InChI is InChI=1S/C18H24N2O3/c1-20(2)12-4-11-19-13-16-9-10-17(23-16)14-5-7-15(8-6-14)18(21)22-3/h5-10,19H,4,11-13H2,1-3H3. The summed E-state index contributed by atoms with van der Waals surface area (Å²) in [6.07, 6.45) is 1.11. The van der Waals surface area contributed by atoms with Gasteiger partial charge in [-0.25, -0.2) is 4.79 Å². The van der Waals surface area contributed by atoms with Crippen molar-refractivity contribution < 1.29 is 13.9 Å². The number of hydrogen-bond donors (Lipinski definition) is 1. The number of benzene rings is 1. The van der Waals surface area contributed by atoms with Gasteiger partial charge in [-0.1, -0.05) is 12.1 Å². The van der Waals surface area contributed by atoms with Crippen LogP contribution in [0.5, 0.6) is 0 Å². The molecular weight excluding hydrogens is 292 g/mol. The van der Waals surface area contributed by atoms with Crippen molar-refractivity contribution >= 4 is 5.97 Å². The molecule has 1 heterocycles. The van der Waals surface area contributed by atoms with E-state index in [1.807, 2.05) is 24.3 Å². The predicted molar refractivity (Wildman–Crippen MR) is 90.4 cm³/mol. The lowest BCUT2D eigenvalue weighted by Gasteiger charge is -2.09. The second-order valence-corrected chi connectivity index (χ2v) is 5.67. The summed E-state index contributed by atoms with van der Waals surface area (Å²) >= 11 is 0. The lowest BCUT2D eigenvalue weighted by Crippen LogP contribution is -2.20. The van der Waals surface area contributed by atoms with E-state index >= 15 is 0 Å². The summed E-state index contributed by atoms with van der Waals surface area (Å²) in [5.74, 6) is 1.37. The number of carbonyl (C=O) groups is 1. The zero-order valence-electron chi connectivity index (χ0n) is 14.0. The van der Waals surface area contributed by atoms with Crippen LogP contribution in [0.3, 0.4) is 0 Å². The summed E-state index contributed by atoms with van der Waals surface area (Å²) in [5, 5.41) is 3.37. The van der Waals surface area contributed by atoms with Gasteiger partial charge in [0.1, 0.15) is 11.5 Å². The average molecular weight is 316 g/mol. The number of carbonyl (C=O) groups excluding carboxylic acids is 1. The van der Waals surface area contributed by atoms with Crippen molar-refractivity contribution in [2.24, 2.45) is 0 Å². The predicted octanol–water partition coefficient (Wildman–Crippen LogP) is 2.77. The second-order valence-electron chi connectivity index (χ2n) is 5.67. The van der Waals surface area contributed by atoms with Crippen LogP contribution in [-0.2, 0) is 11.3 Å². The lowest BCUT2D eigenvalue weighted by molar-refractivity contribution is 0.0600. The molecule has 0 bridgehead atoms. The number of furan rings is 1. The van der Waals surface area contributed by atoms with Crippen molar-refractivity contribution in [2.75, 3.05) is 34.3 Å². The van der Waals surface area contributed by atoms with Gasteiger partial charge in [0.25, 0.3) is 0 Å². The third kappa shape index (κ3) is 5.23. The van der Waals surface area contributed by atoms with Gasteiger partial charge in [-0.2, -0.15) is 0 Å². The smallest absolute Gasteiger partial charge is 0.337 e. The van der Waals surface area contributed by atoms with Gasteiger partial charge in [-0.15, -0.1) is 0 Å². The number of methoxy groups -OCH3 is 1. The average Bonchev–Trinajstić information content (AvgIpc) is 3.02. The van der Waals surface area contributed by atoms with Crippen molar-refractivity contribution in [3.05, 3.63) is 47.7 Å². The topological polar surface area (TPSA) is 54.7 Å². The fourth-order valence-electron chi connectivity index (χ4n) is 2.25. The molecule has 2 aromatic rings. The molecule has 1 aromatic heterocycles. The Morgan fingerprint density at radius 2 is 1.91 bits per heavy atom. The minimum atomic E-state index is -0.335. The van der Waals surface area contributed by atoms with Crippen LogP contribution in [0.25, 0.3) is 11.3 Å². The Morgan fingerprint density at radius 1 is 1.17 bits per heavy atom. The summed E-state index contributed by atoms with van der Waals surface area (Å²) in [4.78, 5) is 13.6. The van der Waals surface area contributed by atoms with E-state index in [0.717, 1.165) is 36.6 Å². The Morgan fingerprint density at radius 3 is 2.57 bits per heavy atom. The van der Waals surface area contributed by atoms with Crippen LogP contribution in [0.15, 0.2) is 40.8 Å². The number of hydrogen-bond acceptors (Lipinski definition) is 5. The van der Waals surface area contributed by atoms with Crippen molar-refractivity contribution in [1.82, 2.24) is 10.2 Å². The molecule has 0 atom stereocenters. The molecule has 0 aliphatic heterocycles. The van der Waals surface area contributed by atoms with Gasteiger partial charge in [0, 0.05) is 5.56 Å². The zero-order valence-corrected chi connectivity index (χ0v) is 14.0. The molecule has 124 valence electrons. The fourth-order valence-corrected chi connectivity index (χ4v) is 2.25. The first-order valence-electron chi connectivity index (χ1n) is 7.73. The number of rotatable bonds is 8. The number of ether oxygens (including phenoxy) is 1. The molecular formula is C18H24N2O3. The van der Waals surface area contributed by atoms with E-state index in [1.54, 1.807) is 12.1 Å². The maximum atomic E-state index is 11.4. The summed E-state index contributed by atoms with van der Waals surface area (Å²) in [6.45, 7) is 2.75. The van der Waals surface area contributed by atoms with Crippen LogP contribution >= 0.6 is 0 Å². The second kappa shape index (κ2) is 8.50. The highest BCUT2D eigenvalue weighted by Crippen LogP contribution is 2.22. The zero-order chi connectivity index (χ0) is 16.7. The number of esters is 1. The van der Waals surface area contributed by atoms with Crippen molar-refractivity contribution in [3.63, 3.8) is 0 Å². The Bertz CT molecular complexity index is 617. The van der Waals surface area contributed by atoms with Gasteiger partial charge in [-0.05, 0) is 57.9 Å². The Kier molecular flexibility index (Phi) is 6.38. The van der Waals surface area contributed by atoms with E-state index < -0.39 is 0 Å². The summed E-state index contributed by atoms with van der Waals surface area (Å²) in [7, 11) is 5.52. The van der Waals surface area contributed by atoms with Gasteiger partial charge in [0.2, 0.25) is 0 Å². The van der Waals surface area contributed by atoms with Gasteiger partial charge in [0.15, 0.2) is 0 Å². The molecule has 2 rings (SSSR count). The molecule has 0 saturated carbocycles. The molecule has 5 heteroatoms. The van der Waals surface area contributed by atoms with Crippen LogP contribution in [0.1, 0.15) is 22.5 Å². The monoisotopic (exact) mass is 316 g/mol. The minimum absolute atomic E-state index is 0.335. The molecule has 1 aromatic carbocycles. The van der Waals surface area contributed by atoms with Gasteiger partial charge >= 0.3 is 5.97 Å². The van der Waals surface area contributed by atoms with Crippen LogP contribution in [0, 0.1) is 0 Å². The number of nitrogens with one attached hydrogen (secondary N) is 1. The Labute approximate surface area is 137 Å². The van der Waals surface area contributed by atoms with E-state index in [2.05, 4.69) is 24.3 Å². The lowest BCUT2D eigenvalue weighted by atomic mass is 10.1. The molecule has 0 spiro atoms. The maximum absolute atomic E-state index is 11.4. The van der Waals surface area contributed by atoms with Crippen LogP contribution in [-0.4, -0.2) is 45.2 Å². The molecule has 0 saturated heterocycles. The first-order chi connectivity index (χ1) is 11.1. The highest BCUT2D eigenvalue weighted by atomic mass is 16.5. The quantitative estimate of drug-likeness (QED) is 0.599. The van der Waals surface area contributed by atoms with Crippen LogP contribution in [0.4, 0.5) is 0 Å². The van der Waals surface area contributed by atoms with Crippen LogP contribution < -0.4 is 5.32 Å². The fraction of sp³-hybridized carbons (Fsp3) is 0.389. The van der Waals surface area contributed by atoms with Crippen molar-refractivity contribution in [3.8, 4) is 11.3 Å².